The predicted molar refractivity (Wildman–Crippen MR) is 106 cm³/mol. The zero-order valence-corrected chi connectivity index (χ0v) is 16.9. The number of hydrogen-bond donors (Lipinski definition) is 1. The molecule has 9 heteroatoms. The van der Waals surface area contributed by atoms with E-state index in [0.717, 1.165) is 17.7 Å². The molecule has 0 saturated carbocycles. The zero-order valence-electron chi connectivity index (χ0n) is 16.9. The summed E-state index contributed by atoms with van der Waals surface area (Å²) in [4.78, 5) is 6.40. The zero-order chi connectivity index (χ0) is 22.1. The summed E-state index contributed by atoms with van der Waals surface area (Å²) in [5.41, 5.74) is -0.467. The van der Waals surface area contributed by atoms with E-state index in [4.69, 9.17) is 9.26 Å². The summed E-state index contributed by atoms with van der Waals surface area (Å²) >= 11 is 0. The molecule has 0 radical (unpaired) electrons. The van der Waals surface area contributed by atoms with Gasteiger partial charge >= 0.3 is 6.18 Å². The van der Waals surface area contributed by atoms with E-state index in [9.17, 15) is 18.3 Å². The topological polar surface area (TPSA) is 71.6 Å². The number of nitrogens with zero attached hydrogens (tertiary/aromatic N) is 3. The van der Waals surface area contributed by atoms with Crippen molar-refractivity contribution in [2.24, 2.45) is 0 Å². The van der Waals surface area contributed by atoms with Gasteiger partial charge in [0.05, 0.1) is 24.8 Å². The molecule has 2 heterocycles. The molecule has 1 fully saturated rings. The van der Waals surface area contributed by atoms with E-state index in [2.05, 4.69) is 15.0 Å². The number of para-hydroxylation sites is 1. The van der Waals surface area contributed by atoms with Crippen LogP contribution in [0, 0.1) is 0 Å². The maximum absolute atomic E-state index is 12.7. The average molecular weight is 433 g/mol. The summed E-state index contributed by atoms with van der Waals surface area (Å²) in [6, 6.07) is 12.1. The van der Waals surface area contributed by atoms with Gasteiger partial charge in [-0.15, -0.1) is 0 Å². The number of hydrogen-bond acceptors (Lipinski definition) is 6. The number of aliphatic hydroxyl groups is 1. The van der Waals surface area contributed by atoms with Crippen molar-refractivity contribution >= 4 is 0 Å². The van der Waals surface area contributed by atoms with Crippen LogP contribution < -0.4 is 4.74 Å². The van der Waals surface area contributed by atoms with Crippen molar-refractivity contribution in [2.75, 3.05) is 20.2 Å². The SMILES string of the molecule is COc1ccccc1C1(O)CCN(Cc2nc(-c3ccc(C(F)(F)F)cc3)no2)CC1. The minimum atomic E-state index is -4.39. The van der Waals surface area contributed by atoms with Gasteiger partial charge in [0.25, 0.3) is 0 Å². The molecule has 0 aliphatic carbocycles. The molecule has 2 aromatic carbocycles. The van der Waals surface area contributed by atoms with Gasteiger partial charge < -0.3 is 14.4 Å². The first-order valence-corrected chi connectivity index (χ1v) is 9.87. The normalized spacial score (nSPS) is 16.9. The largest absolute Gasteiger partial charge is 0.496 e. The van der Waals surface area contributed by atoms with Crippen LogP contribution in [0.25, 0.3) is 11.4 Å². The van der Waals surface area contributed by atoms with Gasteiger partial charge in [-0.3, -0.25) is 4.90 Å². The lowest BCUT2D eigenvalue weighted by molar-refractivity contribution is -0.137. The number of alkyl halides is 3. The number of aromatic nitrogens is 2. The van der Waals surface area contributed by atoms with E-state index in [1.807, 2.05) is 24.3 Å². The van der Waals surface area contributed by atoms with E-state index >= 15 is 0 Å². The number of benzene rings is 2. The van der Waals surface area contributed by atoms with Crippen LogP contribution >= 0.6 is 0 Å². The Labute approximate surface area is 177 Å². The average Bonchev–Trinajstić information content (AvgIpc) is 3.23. The van der Waals surface area contributed by atoms with Crippen molar-refractivity contribution in [3.05, 3.63) is 65.5 Å². The molecule has 1 aliphatic rings. The molecule has 164 valence electrons. The van der Waals surface area contributed by atoms with Crippen molar-refractivity contribution in [2.45, 2.75) is 31.2 Å². The molecule has 1 N–H and O–H groups in total. The van der Waals surface area contributed by atoms with Crippen LogP contribution in [0.4, 0.5) is 13.2 Å². The van der Waals surface area contributed by atoms with Crippen LogP contribution in [0.2, 0.25) is 0 Å². The first kappa shape index (κ1) is 21.3. The summed E-state index contributed by atoms with van der Waals surface area (Å²) < 4.78 is 48.8. The van der Waals surface area contributed by atoms with Gasteiger partial charge in [-0.1, -0.05) is 35.5 Å². The Morgan fingerprint density at radius 2 is 1.77 bits per heavy atom. The molecule has 0 spiro atoms. The first-order valence-electron chi connectivity index (χ1n) is 9.87. The highest BCUT2D eigenvalue weighted by molar-refractivity contribution is 5.54. The molecule has 0 bridgehead atoms. The molecule has 1 aliphatic heterocycles. The maximum atomic E-state index is 12.7. The Morgan fingerprint density at radius 3 is 2.42 bits per heavy atom. The second kappa shape index (κ2) is 8.32. The van der Waals surface area contributed by atoms with Gasteiger partial charge in [0, 0.05) is 24.2 Å². The van der Waals surface area contributed by atoms with Gasteiger partial charge in [0.1, 0.15) is 5.75 Å². The fraction of sp³-hybridized carbons (Fsp3) is 0.364. The van der Waals surface area contributed by atoms with Crippen LogP contribution in [-0.2, 0) is 18.3 Å². The fourth-order valence-corrected chi connectivity index (χ4v) is 3.82. The molecule has 1 saturated heterocycles. The van der Waals surface area contributed by atoms with Gasteiger partial charge in [-0.25, -0.2) is 0 Å². The molecular weight excluding hydrogens is 411 g/mol. The van der Waals surface area contributed by atoms with Crippen molar-refractivity contribution in [3.8, 4) is 17.1 Å². The maximum Gasteiger partial charge on any atom is 0.416 e. The Bertz CT molecular complexity index is 1030. The molecule has 3 aromatic rings. The highest BCUT2D eigenvalue weighted by Crippen LogP contribution is 2.38. The first-order chi connectivity index (χ1) is 14.8. The minimum Gasteiger partial charge on any atom is -0.496 e. The van der Waals surface area contributed by atoms with Crippen LogP contribution in [0.15, 0.2) is 53.1 Å². The van der Waals surface area contributed by atoms with E-state index in [1.165, 1.54) is 12.1 Å². The van der Waals surface area contributed by atoms with Crippen LogP contribution in [0.1, 0.15) is 29.9 Å². The lowest BCUT2D eigenvalue weighted by Crippen LogP contribution is -2.42. The third-order valence-corrected chi connectivity index (χ3v) is 5.59. The van der Waals surface area contributed by atoms with Crippen molar-refractivity contribution < 1.29 is 27.5 Å². The summed E-state index contributed by atoms with van der Waals surface area (Å²) in [6.07, 6.45) is -3.35. The highest BCUT2D eigenvalue weighted by Gasteiger charge is 2.36. The standard InChI is InChI=1S/C22H22F3N3O3/c1-30-18-5-3-2-4-17(18)21(29)10-12-28(13-11-21)14-19-26-20(27-31-19)15-6-8-16(9-7-15)22(23,24)25/h2-9,29H,10-14H2,1H3. The van der Waals surface area contributed by atoms with Crippen LogP contribution in [0.3, 0.4) is 0 Å². The van der Waals surface area contributed by atoms with Gasteiger partial charge in [-0.2, -0.15) is 18.2 Å². The molecule has 0 amide bonds. The van der Waals surface area contributed by atoms with Gasteiger partial charge in [-0.05, 0) is 31.0 Å². The van der Waals surface area contributed by atoms with Crippen LogP contribution in [0.5, 0.6) is 5.75 Å². The van der Waals surface area contributed by atoms with Crippen LogP contribution in [-0.4, -0.2) is 40.3 Å². The minimum absolute atomic E-state index is 0.242. The fourth-order valence-electron chi connectivity index (χ4n) is 3.82. The molecular formula is C22H22F3N3O3. The summed E-state index contributed by atoms with van der Waals surface area (Å²) in [5, 5.41) is 15.0. The van der Waals surface area contributed by atoms with Gasteiger partial charge in [0.2, 0.25) is 11.7 Å². The van der Waals surface area contributed by atoms with Gasteiger partial charge in [0.15, 0.2) is 0 Å². The molecule has 6 nitrogen and oxygen atoms in total. The smallest absolute Gasteiger partial charge is 0.416 e. The summed E-state index contributed by atoms with van der Waals surface area (Å²) in [7, 11) is 1.58. The lowest BCUT2D eigenvalue weighted by atomic mass is 9.84. The predicted octanol–water partition coefficient (Wildman–Crippen LogP) is 4.25. The monoisotopic (exact) mass is 433 g/mol. The van der Waals surface area contributed by atoms with E-state index < -0.39 is 17.3 Å². The second-order valence-corrected chi connectivity index (χ2v) is 7.59. The number of methoxy groups -OCH3 is 1. The van der Waals surface area contributed by atoms with E-state index in [0.29, 0.717) is 49.7 Å². The Morgan fingerprint density at radius 1 is 1.10 bits per heavy atom. The number of likely N-dealkylation sites (tertiary alicyclic amines) is 1. The molecule has 0 atom stereocenters. The molecule has 1 aromatic heterocycles. The number of halogens is 3. The van der Waals surface area contributed by atoms with Crippen molar-refractivity contribution in [1.82, 2.24) is 15.0 Å². The van der Waals surface area contributed by atoms with E-state index in [1.54, 1.807) is 7.11 Å². The lowest BCUT2D eigenvalue weighted by Gasteiger charge is -2.38. The Kier molecular flexibility index (Phi) is 5.72. The van der Waals surface area contributed by atoms with Crippen molar-refractivity contribution in [3.63, 3.8) is 0 Å². The number of rotatable bonds is 5. The quantitative estimate of drug-likeness (QED) is 0.649. The van der Waals surface area contributed by atoms with Crippen molar-refractivity contribution in [1.29, 1.82) is 0 Å². The third kappa shape index (κ3) is 4.57. The third-order valence-electron chi connectivity index (χ3n) is 5.59. The number of ether oxygens (including phenoxy) is 1. The molecule has 0 unspecified atom stereocenters. The second-order valence-electron chi connectivity index (χ2n) is 7.59. The number of piperidine rings is 1. The Balaban J connectivity index is 1.39. The Hall–Kier alpha value is -2.91. The molecule has 31 heavy (non-hydrogen) atoms. The molecule has 4 rings (SSSR count). The van der Waals surface area contributed by atoms with E-state index in [-0.39, 0.29) is 5.82 Å². The highest BCUT2D eigenvalue weighted by atomic mass is 19.4. The summed E-state index contributed by atoms with van der Waals surface area (Å²) in [5.74, 6) is 1.28. The summed E-state index contributed by atoms with van der Waals surface area (Å²) in [6.45, 7) is 1.63.